The van der Waals surface area contributed by atoms with Gasteiger partial charge in [-0.15, -0.1) is 0 Å². The SMILES string of the molecule is COC(C)C(CC1CCCC1)OC. The quantitative estimate of drug-likeness (QED) is 0.657. The minimum Gasteiger partial charge on any atom is -0.379 e. The Kier molecular flexibility index (Phi) is 4.74. The van der Waals surface area contributed by atoms with Crippen LogP contribution in [0.1, 0.15) is 39.0 Å². The van der Waals surface area contributed by atoms with E-state index in [1.54, 1.807) is 14.2 Å². The van der Waals surface area contributed by atoms with Crippen molar-refractivity contribution in [2.45, 2.75) is 51.2 Å². The van der Waals surface area contributed by atoms with Crippen LogP contribution in [-0.4, -0.2) is 26.4 Å². The molecule has 0 aromatic rings. The molecular weight excluding hydrogens is 164 g/mol. The van der Waals surface area contributed by atoms with Crippen molar-refractivity contribution >= 4 is 0 Å². The molecule has 2 nitrogen and oxygen atoms in total. The summed E-state index contributed by atoms with van der Waals surface area (Å²) in [5.41, 5.74) is 0. The maximum atomic E-state index is 5.44. The molecule has 1 aliphatic rings. The van der Waals surface area contributed by atoms with Crippen molar-refractivity contribution in [3.05, 3.63) is 0 Å². The van der Waals surface area contributed by atoms with Crippen LogP contribution in [0.5, 0.6) is 0 Å². The summed E-state index contributed by atoms with van der Waals surface area (Å²) in [5, 5.41) is 0. The van der Waals surface area contributed by atoms with E-state index in [1.807, 2.05) is 0 Å². The third kappa shape index (κ3) is 3.28. The van der Waals surface area contributed by atoms with Gasteiger partial charge in [0.15, 0.2) is 0 Å². The first kappa shape index (κ1) is 11.0. The highest BCUT2D eigenvalue weighted by molar-refractivity contribution is 4.75. The van der Waals surface area contributed by atoms with E-state index in [9.17, 15) is 0 Å². The summed E-state index contributed by atoms with van der Waals surface area (Å²) in [7, 11) is 3.54. The van der Waals surface area contributed by atoms with Gasteiger partial charge in [-0.25, -0.2) is 0 Å². The van der Waals surface area contributed by atoms with Gasteiger partial charge in [-0.3, -0.25) is 0 Å². The molecule has 0 heterocycles. The normalized spacial score (nSPS) is 23.3. The Morgan fingerprint density at radius 1 is 1.15 bits per heavy atom. The molecule has 2 unspecified atom stereocenters. The summed E-state index contributed by atoms with van der Waals surface area (Å²) in [4.78, 5) is 0. The maximum absolute atomic E-state index is 5.44. The van der Waals surface area contributed by atoms with Crippen LogP contribution in [-0.2, 0) is 9.47 Å². The molecule has 0 aromatic carbocycles. The van der Waals surface area contributed by atoms with Crippen molar-refractivity contribution in [2.75, 3.05) is 14.2 Å². The van der Waals surface area contributed by atoms with E-state index < -0.39 is 0 Å². The molecule has 0 aliphatic heterocycles. The molecule has 2 heteroatoms. The van der Waals surface area contributed by atoms with Gasteiger partial charge in [-0.05, 0) is 19.3 Å². The van der Waals surface area contributed by atoms with Gasteiger partial charge in [-0.1, -0.05) is 25.7 Å². The minimum atomic E-state index is 0.227. The molecule has 2 atom stereocenters. The Labute approximate surface area is 81.6 Å². The average molecular weight is 186 g/mol. The second-order valence-electron chi connectivity index (χ2n) is 4.10. The highest BCUT2D eigenvalue weighted by Crippen LogP contribution is 2.30. The van der Waals surface area contributed by atoms with Crippen LogP contribution in [0.15, 0.2) is 0 Å². The third-order valence-electron chi connectivity index (χ3n) is 3.24. The van der Waals surface area contributed by atoms with Crippen molar-refractivity contribution in [1.82, 2.24) is 0 Å². The van der Waals surface area contributed by atoms with E-state index in [4.69, 9.17) is 9.47 Å². The van der Waals surface area contributed by atoms with Crippen molar-refractivity contribution in [3.8, 4) is 0 Å². The molecule has 0 spiro atoms. The topological polar surface area (TPSA) is 18.5 Å². The van der Waals surface area contributed by atoms with Gasteiger partial charge < -0.3 is 9.47 Å². The molecule has 1 fully saturated rings. The lowest BCUT2D eigenvalue weighted by Crippen LogP contribution is -2.29. The molecule has 0 bridgehead atoms. The lowest BCUT2D eigenvalue weighted by Gasteiger charge is -2.24. The predicted octanol–water partition coefficient (Wildman–Crippen LogP) is 2.62. The van der Waals surface area contributed by atoms with Gasteiger partial charge in [-0.2, -0.15) is 0 Å². The van der Waals surface area contributed by atoms with E-state index >= 15 is 0 Å². The van der Waals surface area contributed by atoms with Gasteiger partial charge in [0.05, 0.1) is 12.2 Å². The smallest absolute Gasteiger partial charge is 0.0832 e. The molecule has 78 valence electrons. The van der Waals surface area contributed by atoms with Crippen LogP contribution >= 0.6 is 0 Å². The first-order valence-corrected chi connectivity index (χ1v) is 5.33. The molecule has 0 radical (unpaired) electrons. The molecule has 1 rings (SSSR count). The Bertz CT molecular complexity index is 130. The van der Waals surface area contributed by atoms with E-state index in [1.165, 1.54) is 32.1 Å². The average Bonchev–Trinajstić information content (AvgIpc) is 2.65. The highest BCUT2D eigenvalue weighted by Gasteiger charge is 2.23. The first-order valence-electron chi connectivity index (χ1n) is 5.33. The lowest BCUT2D eigenvalue weighted by atomic mass is 9.97. The summed E-state index contributed by atoms with van der Waals surface area (Å²) in [5.74, 6) is 0.877. The summed E-state index contributed by atoms with van der Waals surface area (Å²) in [6.07, 6.45) is 7.27. The van der Waals surface area contributed by atoms with Gasteiger partial charge in [0.25, 0.3) is 0 Å². The number of hydrogen-bond acceptors (Lipinski definition) is 2. The zero-order valence-corrected chi connectivity index (χ0v) is 9.08. The molecule has 0 N–H and O–H groups in total. The first-order chi connectivity index (χ1) is 6.27. The van der Waals surface area contributed by atoms with E-state index in [-0.39, 0.29) is 12.2 Å². The standard InChI is InChI=1S/C11H22O2/c1-9(12-2)11(13-3)8-10-6-4-5-7-10/h9-11H,4-8H2,1-3H3. The Balaban J connectivity index is 2.29. The summed E-state index contributed by atoms with van der Waals surface area (Å²) in [6, 6.07) is 0. The van der Waals surface area contributed by atoms with Crippen molar-refractivity contribution < 1.29 is 9.47 Å². The van der Waals surface area contributed by atoms with Crippen LogP contribution in [0.3, 0.4) is 0 Å². The Morgan fingerprint density at radius 2 is 1.77 bits per heavy atom. The van der Waals surface area contributed by atoms with Crippen LogP contribution < -0.4 is 0 Å². The van der Waals surface area contributed by atoms with Gasteiger partial charge in [0, 0.05) is 14.2 Å². The van der Waals surface area contributed by atoms with E-state index in [0.717, 1.165) is 5.92 Å². The monoisotopic (exact) mass is 186 g/mol. The van der Waals surface area contributed by atoms with Crippen LogP contribution in [0, 0.1) is 5.92 Å². The summed E-state index contributed by atoms with van der Waals surface area (Å²) in [6.45, 7) is 2.09. The molecular formula is C11H22O2. The number of ether oxygens (including phenoxy) is 2. The highest BCUT2D eigenvalue weighted by atomic mass is 16.5. The maximum Gasteiger partial charge on any atom is 0.0832 e. The number of hydrogen-bond donors (Lipinski definition) is 0. The summed E-state index contributed by atoms with van der Waals surface area (Å²) >= 11 is 0. The van der Waals surface area contributed by atoms with Crippen LogP contribution in [0.2, 0.25) is 0 Å². The number of methoxy groups -OCH3 is 2. The van der Waals surface area contributed by atoms with Crippen LogP contribution in [0.4, 0.5) is 0 Å². The van der Waals surface area contributed by atoms with Crippen molar-refractivity contribution in [3.63, 3.8) is 0 Å². The second kappa shape index (κ2) is 5.61. The molecule has 0 amide bonds. The zero-order chi connectivity index (χ0) is 9.68. The molecule has 1 aliphatic carbocycles. The van der Waals surface area contributed by atoms with Crippen LogP contribution in [0.25, 0.3) is 0 Å². The third-order valence-corrected chi connectivity index (χ3v) is 3.24. The fraction of sp³-hybridized carbons (Fsp3) is 1.00. The predicted molar refractivity (Wildman–Crippen MR) is 53.8 cm³/mol. The molecule has 1 saturated carbocycles. The molecule has 0 saturated heterocycles. The van der Waals surface area contributed by atoms with E-state index in [0.29, 0.717) is 0 Å². The Hall–Kier alpha value is -0.0800. The van der Waals surface area contributed by atoms with Gasteiger partial charge in [0.2, 0.25) is 0 Å². The van der Waals surface area contributed by atoms with E-state index in [2.05, 4.69) is 6.92 Å². The van der Waals surface area contributed by atoms with Gasteiger partial charge >= 0.3 is 0 Å². The Morgan fingerprint density at radius 3 is 2.23 bits per heavy atom. The lowest BCUT2D eigenvalue weighted by molar-refractivity contribution is -0.0369. The molecule has 13 heavy (non-hydrogen) atoms. The minimum absolute atomic E-state index is 0.227. The number of rotatable bonds is 5. The largest absolute Gasteiger partial charge is 0.379 e. The van der Waals surface area contributed by atoms with Gasteiger partial charge in [0.1, 0.15) is 0 Å². The van der Waals surface area contributed by atoms with Crippen molar-refractivity contribution in [1.29, 1.82) is 0 Å². The zero-order valence-electron chi connectivity index (χ0n) is 9.08. The van der Waals surface area contributed by atoms with Crippen molar-refractivity contribution in [2.24, 2.45) is 5.92 Å². The fourth-order valence-corrected chi connectivity index (χ4v) is 2.21. The summed E-state index contributed by atoms with van der Waals surface area (Å²) < 4.78 is 10.7. The fourth-order valence-electron chi connectivity index (χ4n) is 2.21. The molecule has 0 aromatic heterocycles. The second-order valence-corrected chi connectivity index (χ2v) is 4.10.